The summed E-state index contributed by atoms with van der Waals surface area (Å²) in [6.45, 7) is 4.08. The van der Waals surface area contributed by atoms with Crippen molar-refractivity contribution >= 4 is 34.4 Å². The highest BCUT2D eigenvalue weighted by Crippen LogP contribution is 2.32. The van der Waals surface area contributed by atoms with Crippen LogP contribution in [0.15, 0.2) is 63.1 Å². The van der Waals surface area contributed by atoms with E-state index in [-0.39, 0.29) is 29.0 Å². The van der Waals surface area contributed by atoms with Crippen LogP contribution in [0.5, 0.6) is 11.6 Å². The Morgan fingerprint density at radius 1 is 1.05 bits per heavy atom. The molecule has 2 amide bonds. The van der Waals surface area contributed by atoms with Gasteiger partial charge in [0.2, 0.25) is 17.7 Å². The van der Waals surface area contributed by atoms with Gasteiger partial charge in [0.15, 0.2) is 5.17 Å². The fraction of sp³-hybridized carbons (Fsp3) is 0.269. The maximum Gasteiger partial charge on any atom is 0.328 e. The number of benzene rings is 2. The second-order valence-electron chi connectivity index (χ2n) is 8.91. The molecule has 0 unspecified atom stereocenters. The molecular formula is C26H27N5O6S. The topological polar surface area (TPSA) is 166 Å². The predicted octanol–water partition coefficient (Wildman–Crippen LogP) is 2.61. The molecular weight excluding hydrogens is 510 g/mol. The van der Waals surface area contributed by atoms with E-state index in [0.717, 1.165) is 17.3 Å². The minimum Gasteiger partial charge on any atom is -0.497 e. The van der Waals surface area contributed by atoms with Gasteiger partial charge < -0.3 is 20.5 Å². The monoisotopic (exact) mass is 537 g/mol. The Bertz CT molecular complexity index is 1480. The lowest BCUT2D eigenvalue weighted by molar-refractivity contribution is -0.122. The number of methoxy groups -OCH3 is 1. The van der Waals surface area contributed by atoms with E-state index in [4.69, 9.17) is 4.74 Å². The molecule has 4 rings (SSSR count). The van der Waals surface area contributed by atoms with Gasteiger partial charge in [-0.25, -0.2) is 9.79 Å². The first-order valence-electron chi connectivity index (χ1n) is 11.8. The van der Waals surface area contributed by atoms with Crippen molar-refractivity contribution in [2.24, 2.45) is 4.99 Å². The molecule has 0 aliphatic carbocycles. The van der Waals surface area contributed by atoms with E-state index >= 15 is 0 Å². The van der Waals surface area contributed by atoms with Crippen molar-refractivity contribution in [1.82, 2.24) is 15.3 Å². The average molecular weight is 538 g/mol. The number of nitrogens with zero attached hydrogens (tertiary/aromatic N) is 1. The fourth-order valence-corrected chi connectivity index (χ4v) is 4.88. The zero-order chi connectivity index (χ0) is 27.4. The molecule has 3 aromatic rings. The normalized spacial score (nSPS) is 16.9. The lowest BCUT2D eigenvalue weighted by Gasteiger charge is -2.15. The Kier molecular flexibility index (Phi) is 8.01. The fourth-order valence-electron chi connectivity index (χ4n) is 3.88. The van der Waals surface area contributed by atoms with Crippen LogP contribution in [0.25, 0.3) is 0 Å². The van der Waals surface area contributed by atoms with E-state index < -0.39 is 34.3 Å². The molecule has 38 heavy (non-hydrogen) atoms. The molecule has 2 aromatic carbocycles. The van der Waals surface area contributed by atoms with E-state index in [9.17, 15) is 24.3 Å². The summed E-state index contributed by atoms with van der Waals surface area (Å²) >= 11 is 1.05. The number of aromatic hydroxyl groups is 1. The minimum absolute atomic E-state index is 0.111. The van der Waals surface area contributed by atoms with Crippen LogP contribution in [-0.4, -0.2) is 44.4 Å². The number of carbonyl (C=O) groups is 2. The maximum absolute atomic E-state index is 12.7. The summed E-state index contributed by atoms with van der Waals surface area (Å²) in [7, 11) is 1.54. The number of carbonyl (C=O) groups excluding carboxylic acids is 2. The summed E-state index contributed by atoms with van der Waals surface area (Å²) in [4.78, 5) is 58.3. The first kappa shape index (κ1) is 26.7. The third-order valence-corrected chi connectivity index (χ3v) is 7.01. The first-order chi connectivity index (χ1) is 18.1. The highest BCUT2D eigenvalue weighted by Gasteiger charge is 2.34. The van der Waals surface area contributed by atoms with Crippen molar-refractivity contribution in [1.29, 1.82) is 0 Å². The molecule has 1 aliphatic rings. The predicted molar refractivity (Wildman–Crippen MR) is 145 cm³/mol. The Morgan fingerprint density at radius 2 is 1.71 bits per heavy atom. The third-order valence-electron chi connectivity index (χ3n) is 5.92. The number of rotatable bonds is 8. The van der Waals surface area contributed by atoms with Crippen molar-refractivity contribution in [2.45, 2.75) is 37.5 Å². The molecule has 1 aliphatic heterocycles. The maximum atomic E-state index is 12.7. The number of nitrogens with one attached hydrogen (secondary N) is 4. The van der Waals surface area contributed by atoms with E-state index in [1.165, 1.54) is 0 Å². The number of aliphatic imine (C=N–C) groups is 1. The van der Waals surface area contributed by atoms with Crippen LogP contribution in [-0.2, 0) is 9.59 Å². The Hall–Kier alpha value is -4.32. The molecule has 12 heteroatoms. The van der Waals surface area contributed by atoms with E-state index in [1.54, 1.807) is 43.5 Å². The smallest absolute Gasteiger partial charge is 0.328 e. The number of hydrogen-bond donors (Lipinski definition) is 5. The lowest BCUT2D eigenvalue weighted by Crippen LogP contribution is -2.29. The molecule has 5 N–H and O–H groups in total. The van der Waals surface area contributed by atoms with Crippen LogP contribution in [0.3, 0.4) is 0 Å². The van der Waals surface area contributed by atoms with E-state index in [1.807, 2.05) is 26.0 Å². The third kappa shape index (κ3) is 6.14. The molecule has 2 atom stereocenters. The number of amidine groups is 1. The van der Waals surface area contributed by atoms with Crippen molar-refractivity contribution in [3.63, 3.8) is 0 Å². The summed E-state index contributed by atoms with van der Waals surface area (Å²) in [5.41, 5.74) is 0.342. The molecule has 0 saturated carbocycles. The van der Waals surface area contributed by atoms with Gasteiger partial charge in [0.05, 0.1) is 7.11 Å². The van der Waals surface area contributed by atoms with Gasteiger partial charge in [-0.1, -0.05) is 49.9 Å². The molecule has 1 saturated heterocycles. The van der Waals surface area contributed by atoms with Gasteiger partial charge in [-0.05, 0) is 41.3 Å². The van der Waals surface area contributed by atoms with Crippen LogP contribution >= 0.6 is 11.8 Å². The van der Waals surface area contributed by atoms with Crippen LogP contribution in [0.1, 0.15) is 48.9 Å². The number of anilines is 1. The Morgan fingerprint density at radius 3 is 2.32 bits per heavy atom. The van der Waals surface area contributed by atoms with Crippen molar-refractivity contribution in [2.75, 3.05) is 12.4 Å². The van der Waals surface area contributed by atoms with Gasteiger partial charge in [-0.2, -0.15) is 0 Å². The standard InChI is InChI=1S/C26H27N5O6S/c1-13(2)14-4-6-15(7-5-14)21(20-23(34)29-25(36)30-24(20)35)28-26-31-22(33)18(38-26)12-19(32)27-16-8-10-17(37-3)11-9-16/h4-11,13,18,21H,12H2,1-3H3,(H,27,32)(H,28,31,33)(H3,29,30,34,35,36)/t18-,21+/m0/s1. The van der Waals surface area contributed by atoms with Crippen LogP contribution in [0.4, 0.5) is 5.69 Å². The van der Waals surface area contributed by atoms with E-state index in [0.29, 0.717) is 17.0 Å². The zero-order valence-corrected chi connectivity index (χ0v) is 21.7. The average Bonchev–Trinajstić information content (AvgIpc) is 3.21. The van der Waals surface area contributed by atoms with Gasteiger partial charge >= 0.3 is 5.69 Å². The van der Waals surface area contributed by atoms with Crippen LogP contribution in [0, 0.1) is 0 Å². The number of ether oxygens (including phenoxy) is 1. The van der Waals surface area contributed by atoms with Gasteiger partial charge in [0.25, 0.3) is 5.56 Å². The summed E-state index contributed by atoms with van der Waals surface area (Å²) in [5, 5.41) is 15.2. The molecule has 1 fully saturated rings. The Balaban J connectivity index is 1.58. The largest absolute Gasteiger partial charge is 0.497 e. The highest BCUT2D eigenvalue weighted by molar-refractivity contribution is 8.15. The zero-order valence-electron chi connectivity index (χ0n) is 20.9. The summed E-state index contributed by atoms with van der Waals surface area (Å²) in [5.74, 6) is -0.471. The number of amides is 2. The van der Waals surface area contributed by atoms with Gasteiger partial charge in [0, 0.05) is 12.1 Å². The minimum atomic E-state index is -1.04. The van der Waals surface area contributed by atoms with Crippen molar-refractivity contribution in [3.05, 3.63) is 86.1 Å². The second-order valence-corrected chi connectivity index (χ2v) is 10.1. The van der Waals surface area contributed by atoms with E-state index in [2.05, 4.69) is 25.6 Å². The molecule has 0 bridgehead atoms. The van der Waals surface area contributed by atoms with Gasteiger partial charge in [0.1, 0.15) is 22.6 Å². The molecule has 198 valence electrons. The summed E-state index contributed by atoms with van der Waals surface area (Å²) in [6.07, 6.45) is -0.111. The molecule has 0 spiro atoms. The second kappa shape index (κ2) is 11.4. The molecule has 2 heterocycles. The molecule has 1 aromatic heterocycles. The van der Waals surface area contributed by atoms with Gasteiger partial charge in [-0.15, -0.1) is 0 Å². The number of H-pyrrole nitrogens is 2. The lowest BCUT2D eigenvalue weighted by atomic mass is 9.96. The number of thioether (sulfide) groups is 1. The first-order valence-corrected chi connectivity index (χ1v) is 12.7. The number of aromatic amines is 2. The van der Waals surface area contributed by atoms with Crippen molar-refractivity contribution < 1.29 is 19.4 Å². The Labute approximate surface area is 221 Å². The summed E-state index contributed by atoms with van der Waals surface area (Å²) < 4.78 is 5.10. The van der Waals surface area contributed by atoms with Gasteiger partial charge in [-0.3, -0.25) is 24.4 Å². The SMILES string of the molecule is COc1ccc(NC(=O)C[C@@H]2SC(=N[C@H](c3ccc(C(C)C)cc3)c3c(O)[nH]c(=O)[nH]c3=O)NC2=O)cc1. The summed E-state index contributed by atoms with van der Waals surface area (Å²) in [6, 6.07) is 13.1. The molecule has 0 radical (unpaired) electrons. The van der Waals surface area contributed by atoms with Crippen molar-refractivity contribution in [3.8, 4) is 11.6 Å². The van der Waals surface area contributed by atoms with Crippen LogP contribution in [0.2, 0.25) is 0 Å². The number of aromatic nitrogens is 2. The number of hydrogen-bond acceptors (Lipinski definition) is 8. The van der Waals surface area contributed by atoms with Crippen LogP contribution < -0.4 is 26.6 Å². The quantitative estimate of drug-likeness (QED) is 0.294. The highest BCUT2D eigenvalue weighted by atomic mass is 32.2. The molecule has 11 nitrogen and oxygen atoms in total.